The molecule has 0 saturated heterocycles. The summed E-state index contributed by atoms with van der Waals surface area (Å²) in [6.45, 7) is 0. The maximum Gasteiger partial charge on any atom is 0.513 e. The average molecular weight is 260 g/mol. The van der Waals surface area contributed by atoms with Crippen molar-refractivity contribution in [2.75, 3.05) is 7.11 Å². The first-order valence-electron chi connectivity index (χ1n) is 6.43. The number of carbonyl (C=O) groups is 1. The van der Waals surface area contributed by atoms with Crippen molar-refractivity contribution in [1.82, 2.24) is 0 Å². The first-order chi connectivity index (χ1) is 9.19. The standard InChI is InChI=1S/C14H16N2O3/c1-18-14(17)19-8-5-6-10-9-3-2-4-11(9)13(15)16-12(10)7-8/h5-7,9,11H,2-4H2,1H3,(H2,15,16). The number of nitrogens with two attached hydrogens (primary N) is 1. The van der Waals surface area contributed by atoms with Crippen LogP contribution in [0.1, 0.15) is 30.7 Å². The molecule has 1 saturated carbocycles. The van der Waals surface area contributed by atoms with Crippen LogP contribution in [0, 0.1) is 5.92 Å². The van der Waals surface area contributed by atoms with Crippen LogP contribution in [0.2, 0.25) is 0 Å². The third-order valence-electron chi connectivity index (χ3n) is 3.91. The average Bonchev–Trinajstić information content (AvgIpc) is 2.88. The van der Waals surface area contributed by atoms with E-state index in [1.165, 1.54) is 19.1 Å². The van der Waals surface area contributed by atoms with E-state index in [0.29, 0.717) is 23.4 Å². The molecule has 19 heavy (non-hydrogen) atoms. The fraction of sp³-hybridized carbons (Fsp3) is 0.429. The van der Waals surface area contributed by atoms with Crippen molar-refractivity contribution in [3.05, 3.63) is 23.8 Å². The summed E-state index contributed by atoms with van der Waals surface area (Å²) in [4.78, 5) is 15.5. The highest BCUT2D eigenvalue weighted by Gasteiger charge is 2.35. The minimum atomic E-state index is -0.730. The molecule has 2 N–H and O–H groups in total. The molecule has 1 aliphatic heterocycles. The predicted molar refractivity (Wildman–Crippen MR) is 70.8 cm³/mol. The molecule has 5 nitrogen and oxygen atoms in total. The van der Waals surface area contributed by atoms with E-state index in [1.807, 2.05) is 6.07 Å². The number of hydrogen-bond donors (Lipinski definition) is 1. The number of methoxy groups -OCH3 is 1. The number of benzene rings is 1. The van der Waals surface area contributed by atoms with Crippen LogP contribution in [-0.4, -0.2) is 19.1 Å². The third-order valence-corrected chi connectivity index (χ3v) is 3.91. The summed E-state index contributed by atoms with van der Waals surface area (Å²) in [5, 5.41) is 0. The van der Waals surface area contributed by atoms with Gasteiger partial charge in [-0.25, -0.2) is 9.79 Å². The zero-order valence-electron chi connectivity index (χ0n) is 10.8. The Labute approximate surface area is 111 Å². The minimum Gasteiger partial charge on any atom is -0.437 e. The minimum absolute atomic E-state index is 0.375. The molecule has 100 valence electrons. The number of aliphatic imine (C=N–C) groups is 1. The van der Waals surface area contributed by atoms with Gasteiger partial charge in [0, 0.05) is 12.0 Å². The highest BCUT2D eigenvalue weighted by Crippen LogP contribution is 2.47. The molecular formula is C14H16N2O3. The first kappa shape index (κ1) is 12.0. The van der Waals surface area contributed by atoms with Crippen LogP contribution in [0.15, 0.2) is 23.2 Å². The van der Waals surface area contributed by atoms with E-state index in [9.17, 15) is 4.79 Å². The molecule has 5 heteroatoms. The molecule has 3 rings (SSSR count). The van der Waals surface area contributed by atoms with Gasteiger partial charge in [0.2, 0.25) is 0 Å². The fourth-order valence-electron chi connectivity index (χ4n) is 3.04. The van der Waals surface area contributed by atoms with Crippen LogP contribution in [0.5, 0.6) is 5.75 Å². The number of carbonyl (C=O) groups excluding carboxylic acids is 1. The van der Waals surface area contributed by atoms with E-state index in [4.69, 9.17) is 10.5 Å². The van der Waals surface area contributed by atoms with Gasteiger partial charge < -0.3 is 15.2 Å². The molecule has 0 radical (unpaired) electrons. The topological polar surface area (TPSA) is 73.9 Å². The number of rotatable bonds is 1. The lowest BCUT2D eigenvalue weighted by molar-refractivity contribution is 0.121. The van der Waals surface area contributed by atoms with Crippen molar-refractivity contribution in [1.29, 1.82) is 0 Å². The molecule has 2 unspecified atom stereocenters. The molecule has 0 bridgehead atoms. The Balaban J connectivity index is 1.94. The molecule has 2 atom stereocenters. The predicted octanol–water partition coefficient (Wildman–Crippen LogP) is 2.72. The van der Waals surface area contributed by atoms with E-state index >= 15 is 0 Å². The summed E-state index contributed by atoms with van der Waals surface area (Å²) in [5.74, 6) is 1.96. The third kappa shape index (κ3) is 2.05. The first-order valence-corrected chi connectivity index (χ1v) is 6.43. The van der Waals surface area contributed by atoms with Crippen molar-refractivity contribution in [3.8, 4) is 5.75 Å². The molecule has 2 aliphatic rings. The number of amidine groups is 1. The van der Waals surface area contributed by atoms with Gasteiger partial charge in [-0.2, -0.15) is 0 Å². The summed E-state index contributed by atoms with van der Waals surface area (Å²) in [6.07, 6.45) is 2.71. The molecule has 0 spiro atoms. The fourth-order valence-corrected chi connectivity index (χ4v) is 3.04. The largest absolute Gasteiger partial charge is 0.513 e. The van der Waals surface area contributed by atoms with Crippen molar-refractivity contribution in [2.45, 2.75) is 25.2 Å². The van der Waals surface area contributed by atoms with Crippen LogP contribution in [0.25, 0.3) is 0 Å². The Hall–Kier alpha value is -2.04. The summed E-state index contributed by atoms with van der Waals surface area (Å²) in [7, 11) is 1.28. The molecule has 1 aliphatic carbocycles. The molecule has 1 fully saturated rings. The SMILES string of the molecule is COC(=O)Oc1ccc2c(c1)N=C(N)C1CCCC21. The lowest BCUT2D eigenvalue weighted by Crippen LogP contribution is -2.28. The van der Waals surface area contributed by atoms with Crippen LogP contribution in [0.3, 0.4) is 0 Å². The molecule has 0 amide bonds. The van der Waals surface area contributed by atoms with Gasteiger partial charge in [-0.3, -0.25) is 0 Å². The zero-order chi connectivity index (χ0) is 13.4. The van der Waals surface area contributed by atoms with Crippen molar-refractivity contribution < 1.29 is 14.3 Å². The highest BCUT2D eigenvalue weighted by molar-refractivity contribution is 5.89. The van der Waals surface area contributed by atoms with Gasteiger partial charge in [-0.15, -0.1) is 0 Å². The van der Waals surface area contributed by atoms with Crippen molar-refractivity contribution >= 4 is 17.7 Å². The van der Waals surface area contributed by atoms with Gasteiger partial charge in [0.05, 0.1) is 12.8 Å². The van der Waals surface area contributed by atoms with Crippen LogP contribution >= 0.6 is 0 Å². The molecular weight excluding hydrogens is 244 g/mol. The normalized spacial score (nSPS) is 24.2. The summed E-state index contributed by atoms with van der Waals surface area (Å²) < 4.78 is 9.47. The molecule has 1 aromatic rings. The van der Waals surface area contributed by atoms with E-state index in [2.05, 4.69) is 9.73 Å². The summed E-state index contributed by atoms with van der Waals surface area (Å²) in [5.41, 5.74) is 8.04. The number of ether oxygens (including phenoxy) is 2. The Morgan fingerprint density at radius 2 is 2.16 bits per heavy atom. The summed E-state index contributed by atoms with van der Waals surface area (Å²) >= 11 is 0. The van der Waals surface area contributed by atoms with E-state index < -0.39 is 6.16 Å². The van der Waals surface area contributed by atoms with E-state index in [0.717, 1.165) is 18.5 Å². The zero-order valence-corrected chi connectivity index (χ0v) is 10.8. The Kier molecular flexibility index (Phi) is 2.89. The number of nitrogens with zero attached hydrogens (tertiary/aromatic N) is 1. The molecule has 1 heterocycles. The second-order valence-corrected chi connectivity index (χ2v) is 4.96. The molecule has 1 aromatic carbocycles. The second kappa shape index (κ2) is 4.57. The monoisotopic (exact) mass is 260 g/mol. The van der Waals surface area contributed by atoms with Gasteiger partial charge in [-0.1, -0.05) is 12.5 Å². The van der Waals surface area contributed by atoms with Crippen LogP contribution < -0.4 is 10.5 Å². The maximum atomic E-state index is 11.1. The lowest BCUT2D eigenvalue weighted by Gasteiger charge is -2.26. The van der Waals surface area contributed by atoms with Crippen molar-refractivity contribution in [2.24, 2.45) is 16.6 Å². The van der Waals surface area contributed by atoms with E-state index in [-0.39, 0.29) is 0 Å². The van der Waals surface area contributed by atoms with E-state index in [1.54, 1.807) is 12.1 Å². The van der Waals surface area contributed by atoms with Gasteiger partial charge in [0.15, 0.2) is 0 Å². The van der Waals surface area contributed by atoms with Crippen molar-refractivity contribution in [3.63, 3.8) is 0 Å². The summed E-state index contributed by atoms with van der Waals surface area (Å²) in [6, 6.07) is 5.50. The smallest absolute Gasteiger partial charge is 0.437 e. The number of fused-ring (bicyclic) bond motifs is 3. The van der Waals surface area contributed by atoms with Gasteiger partial charge >= 0.3 is 6.16 Å². The quantitative estimate of drug-likeness (QED) is 0.622. The number of hydrogen-bond acceptors (Lipinski definition) is 5. The van der Waals surface area contributed by atoms with Gasteiger partial charge in [0.1, 0.15) is 11.6 Å². The van der Waals surface area contributed by atoms with Gasteiger partial charge in [-0.05, 0) is 30.4 Å². The van der Waals surface area contributed by atoms with Crippen LogP contribution in [0.4, 0.5) is 10.5 Å². The Bertz CT molecular complexity index is 554. The Morgan fingerprint density at radius 3 is 2.95 bits per heavy atom. The molecule has 0 aromatic heterocycles. The van der Waals surface area contributed by atoms with Gasteiger partial charge in [0.25, 0.3) is 0 Å². The lowest BCUT2D eigenvalue weighted by atomic mass is 9.85. The highest BCUT2D eigenvalue weighted by atomic mass is 16.7. The second-order valence-electron chi connectivity index (χ2n) is 4.96. The maximum absolute atomic E-state index is 11.1. The van der Waals surface area contributed by atoms with Crippen LogP contribution in [-0.2, 0) is 4.74 Å². The Morgan fingerprint density at radius 1 is 1.37 bits per heavy atom.